The molecule has 1 aromatic carbocycles. The zero-order chi connectivity index (χ0) is 11.3. The SMILES string of the molecule is COCC(=O)NCc1ccc(I)c(Cl)c1. The molecule has 1 amide bonds. The summed E-state index contributed by atoms with van der Waals surface area (Å²) in [5.74, 6) is -0.132. The average molecular weight is 340 g/mol. The molecule has 1 aromatic rings. The predicted molar refractivity (Wildman–Crippen MR) is 67.9 cm³/mol. The van der Waals surface area contributed by atoms with Gasteiger partial charge in [-0.25, -0.2) is 0 Å². The highest BCUT2D eigenvalue weighted by molar-refractivity contribution is 14.1. The molecule has 5 heteroatoms. The van der Waals surface area contributed by atoms with Gasteiger partial charge in [-0.2, -0.15) is 0 Å². The first-order valence-corrected chi connectivity index (χ1v) is 5.78. The van der Waals surface area contributed by atoms with Crippen LogP contribution in [0.3, 0.4) is 0 Å². The van der Waals surface area contributed by atoms with Crippen molar-refractivity contribution >= 4 is 40.1 Å². The van der Waals surface area contributed by atoms with Crippen molar-refractivity contribution in [3.8, 4) is 0 Å². The lowest BCUT2D eigenvalue weighted by Crippen LogP contribution is -2.26. The third-order valence-electron chi connectivity index (χ3n) is 1.75. The van der Waals surface area contributed by atoms with Gasteiger partial charge < -0.3 is 10.1 Å². The Kier molecular flexibility index (Phi) is 5.35. The molecular weight excluding hydrogens is 328 g/mol. The number of ether oxygens (including phenoxy) is 1. The zero-order valence-electron chi connectivity index (χ0n) is 8.22. The summed E-state index contributed by atoms with van der Waals surface area (Å²) in [5.41, 5.74) is 0.977. The third-order valence-corrected chi connectivity index (χ3v) is 3.32. The molecule has 0 heterocycles. The molecule has 0 fully saturated rings. The molecule has 0 aliphatic carbocycles. The van der Waals surface area contributed by atoms with Crippen molar-refractivity contribution in [3.63, 3.8) is 0 Å². The summed E-state index contributed by atoms with van der Waals surface area (Å²) in [6.45, 7) is 0.553. The molecule has 0 saturated heterocycles. The van der Waals surface area contributed by atoms with Gasteiger partial charge in [-0.15, -0.1) is 0 Å². The van der Waals surface area contributed by atoms with E-state index in [1.165, 1.54) is 7.11 Å². The largest absolute Gasteiger partial charge is 0.375 e. The standard InChI is InChI=1S/C10H11ClINO2/c1-15-6-10(14)13-5-7-2-3-9(12)8(11)4-7/h2-4H,5-6H2,1H3,(H,13,14). The second-order valence-corrected chi connectivity index (χ2v) is 4.53. The molecule has 1 rings (SSSR count). The molecule has 0 bridgehead atoms. The van der Waals surface area contributed by atoms with Crippen LogP contribution in [0.1, 0.15) is 5.56 Å². The first-order chi connectivity index (χ1) is 7.13. The van der Waals surface area contributed by atoms with Crippen LogP contribution in [0.4, 0.5) is 0 Å². The Balaban J connectivity index is 2.51. The van der Waals surface area contributed by atoms with Crippen LogP contribution in [-0.2, 0) is 16.1 Å². The quantitative estimate of drug-likeness (QED) is 0.854. The number of carbonyl (C=O) groups is 1. The van der Waals surface area contributed by atoms with E-state index in [4.69, 9.17) is 16.3 Å². The third kappa shape index (κ3) is 4.36. The molecule has 1 N–H and O–H groups in total. The van der Waals surface area contributed by atoms with Gasteiger partial charge in [0.1, 0.15) is 6.61 Å². The van der Waals surface area contributed by atoms with Gasteiger partial charge in [0.15, 0.2) is 0 Å². The summed E-state index contributed by atoms with van der Waals surface area (Å²) < 4.78 is 5.70. The van der Waals surface area contributed by atoms with Crippen molar-refractivity contribution in [3.05, 3.63) is 32.4 Å². The van der Waals surface area contributed by atoms with Crippen LogP contribution in [0.5, 0.6) is 0 Å². The minimum atomic E-state index is -0.132. The maximum absolute atomic E-state index is 11.1. The van der Waals surface area contributed by atoms with Crippen molar-refractivity contribution in [2.75, 3.05) is 13.7 Å². The number of rotatable bonds is 4. The van der Waals surface area contributed by atoms with Crippen molar-refractivity contribution in [2.45, 2.75) is 6.54 Å². The number of nitrogens with one attached hydrogen (secondary N) is 1. The van der Waals surface area contributed by atoms with Crippen molar-refractivity contribution in [1.29, 1.82) is 0 Å². The van der Waals surface area contributed by atoms with E-state index in [2.05, 4.69) is 27.9 Å². The van der Waals surface area contributed by atoms with Crippen LogP contribution in [0, 0.1) is 3.57 Å². The molecule has 0 aliphatic heterocycles. The summed E-state index contributed by atoms with van der Waals surface area (Å²) in [4.78, 5) is 11.1. The number of hydrogen-bond donors (Lipinski definition) is 1. The van der Waals surface area contributed by atoms with Crippen LogP contribution in [0.25, 0.3) is 0 Å². The lowest BCUT2D eigenvalue weighted by Gasteiger charge is -2.05. The summed E-state index contributed by atoms with van der Waals surface area (Å²) in [7, 11) is 1.49. The minimum Gasteiger partial charge on any atom is -0.375 e. The number of halogens is 2. The molecule has 15 heavy (non-hydrogen) atoms. The fourth-order valence-electron chi connectivity index (χ4n) is 1.03. The lowest BCUT2D eigenvalue weighted by atomic mass is 10.2. The fraction of sp³-hybridized carbons (Fsp3) is 0.300. The van der Waals surface area contributed by atoms with Gasteiger partial charge in [-0.1, -0.05) is 17.7 Å². The monoisotopic (exact) mass is 339 g/mol. The van der Waals surface area contributed by atoms with Gasteiger partial charge in [-0.3, -0.25) is 4.79 Å². The molecule has 0 spiro atoms. The van der Waals surface area contributed by atoms with Gasteiger partial charge in [-0.05, 0) is 40.3 Å². The summed E-state index contributed by atoms with van der Waals surface area (Å²) in [6.07, 6.45) is 0. The van der Waals surface area contributed by atoms with E-state index in [1.54, 1.807) is 0 Å². The van der Waals surface area contributed by atoms with Crippen molar-refractivity contribution < 1.29 is 9.53 Å². The number of methoxy groups -OCH3 is 1. The molecule has 0 unspecified atom stereocenters. The molecule has 0 saturated carbocycles. The summed E-state index contributed by atoms with van der Waals surface area (Å²) in [5, 5.41) is 3.42. The number of amides is 1. The van der Waals surface area contributed by atoms with Crippen LogP contribution in [0.2, 0.25) is 5.02 Å². The molecule has 0 aromatic heterocycles. The Bertz CT molecular complexity index is 357. The van der Waals surface area contributed by atoms with Crippen LogP contribution >= 0.6 is 34.2 Å². The van der Waals surface area contributed by atoms with Crippen LogP contribution in [-0.4, -0.2) is 19.6 Å². The molecule has 82 valence electrons. The Morgan fingerprint density at radius 2 is 2.33 bits per heavy atom. The highest BCUT2D eigenvalue weighted by Gasteiger charge is 2.02. The summed E-state index contributed by atoms with van der Waals surface area (Å²) >= 11 is 8.10. The van der Waals surface area contributed by atoms with Crippen LogP contribution in [0.15, 0.2) is 18.2 Å². The Morgan fingerprint density at radius 1 is 1.60 bits per heavy atom. The topological polar surface area (TPSA) is 38.3 Å². The van der Waals surface area contributed by atoms with Gasteiger partial charge in [0, 0.05) is 17.2 Å². The number of hydrogen-bond acceptors (Lipinski definition) is 2. The second-order valence-electron chi connectivity index (χ2n) is 2.96. The Morgan fingerprint density at radius 3 is 2.93 bits per heavy atom. The first-order valence-electron chi connectivity index (χ1n) is 4.33. The fourth-order valence-corrected chi connectivity index (χ4v) is 1.57. The van der Waals surface area contributed by atoms with E-state index in [-0.39, 0.29) is 12.5 Å². The van der Waals surface area contributed by atoms with Gasteiger partial charge in [0.25, 0.3) is 0 Å². The van der Waals surface area contributed by atoms with E-state index in [0.717, 1.165) is 9.13 Å². The molecule has 0 radical (unpaired) electrons. The van der Waals surface area contributed by atoms with Crippen molar-refractivity contribution in [1.82, 2.24) is 5.32 Å². The van der Waals surface area contributed by atoms with Gasteiger partial charge in [0.2, 0.25) is 5.91 Å². The van der Waals surface area contributed by atoms with E-state index < -0.39 is 0 Å². The Hall–Kier alpha value is -0.330. The first kappa shape index (κ1) is 12.7. The molecule has 0 aliphatic rings. The smallest absolute Gasteiger partial charge is 0.246 e. The van der Waals surface area contributed by atoms with Crippen LogP contribution < -0.4 is 5.32 Å². The zero-order valence-corrected chi connectivity index (χ0v) is 11.1. The highest BCUT2D eigenvalue weighted by Crippen LogP contribution is 2.19. The summed E-state index contributed by atoms with van der Waals surface area (Å²) in [6, 6.07) is 5.69. The van der Waals surface area contributed by atoms with E-state index in [9.17, 15) is 4.79 Å². The average Bonchev–Trinajstić information content (AvgIpc) is 2.20. The number of benzene rings is 1. The maximum Gasteiger partial charge on any atom is 0.246 e. The Labute approximate surface area is 107 Å². The normalized spacial score (nSPS) is 10.1. The maximum atomic E-state index is 11.1. The lowest BCUT2D eigenvalue weighted by molar-refractivity contribution is -0.124. The molecule has 3 nitrogen and oxygen atoms in total. The second kappa shape index (κ2) is 6.30. The molecule has 0 atom stereocenters. The van der Waals surface area contributed by atoms with E-state index in [1.807, 2.05) is 18.2 Å². The number of carbonyl (C=O) groups excluding carboxylic acids is 1. The van der Waals surface area contributed by atoms with Gasteiger partial charge >= 0.3 is 0 Å². The highest BCUT2D eigenvalue weighted by atomic mass is 127. The minimum absolute atomic E-state index is 0.0814. The molecular formula is C10H11ClINO2. The van der Waals surface area contributed by atoms with Crippen molar-refractivity contribution in [2.24, 2.45) is 0 Å². The van der Waals surface area contributed by atoms with Gasteiger partial charge in [0.05, 0.1) is 5.02 Å². The van der Waals surface area contributed by atoms with E-state index >= 15 is 0 Å². The predicted octanol–water partition coefficient (Wildman–Crippen LogP) is 2.21. The van der Waals surface area contributed by atoms with E-state index in [0.29, 0.717) is 11.6 Å².